The minimum absolute atomic E-state index is 0.0951. The maximum absolute atomic E-state index is 12.8. The number of halogens is 3. The Morgan fingerprint density at radius 2 is 1.84 bits per heavy atom. The summed E-state index contributed by atoms with van der Waals surface area (Å²) < 4.78 is 12.6. The van der Waals surface area contributed by atoms with Crippen molar-refractivity contribution in [2.24, 2.45) is 0 Å². The van der Waals surface area contributed by atoms with Gasteiger partial charge in [0.25, 0.3) is 5.91 Å². The maximum atomic E-state index is 12.8. The van der Waals surface area contributed by atoms with Gasteiger partial charge in [0.05, 0.1) is 12.1 Å². The highest BCUT2D eigenvalue weighted by Gasteiger charge is 2.21. The Hall–Kier alpha value is -3.00. The number of rotatable bonds is 7. The Labute approximate surface area is 198 Å². The predicted octanol–water partition coefficient (Wildman–Crippen LogP) is 6.02. The monoisotopic (exact) mass is 490 g/mol. The van der Waals surface area contributed by atoms with Crippen LogP contribution < -0.4 is 10.1 Å². The SMILES string of the molecule is Cc1onc(C(=O)Nc2ccn(Cc3c(Cl)cccc3Cl)n2)c1COc1cccc(Cl)c1. The van der Waals surface area contributed by atoms with E-state index in [1.807, 2.05) is 0 Å². The van der Waals surface area contributed by atoms with Crippen LogP contribution in [-0.4, -0.2) is 20.8 Å². The number of anilines is 1. The Kier molecular flexibility index (Phi) is 6.69. The summed E-state index contributed by atoms with van der Waals surface area (Å²) in [6.45, 7) is 2.16. The lowest BCUT2D eigenvalue weighted by molar-refractivity contribution is 0.101. The van der Waals surface area contributed by atoms with E-state index in [4.69, 9.17) is 44.1 Å². The first-order valence-electron chi connectivity index (χ1n) is 9.52. The van der Waals surface area contributed by atoms with Gasteiger partial charge in [-0.3, -0.25) is 9.48 Å². The predicted molar refractivity (Wildman–Crippen MR) is 123 cm³/mol. The molecule has 0 spiro atoms. The molecule has 164 valence electrons. The van der Waals surface area contributed by atoms with Gasteiger partial charge in [0.1, 0.15) is 18.1 Å². The minimum atomic E-state index is -0.465. The molecule has 0 bridgehead atoms. The number of carbonyl (C=O) groups is 1. The molecule has 32 heavy (non-hydrogen) atoms. The largest absolute Gasteiger partial charge is 0.489 e. The first kappa shape index (κ1) is 22.2. The van der Waals surface area contributed by atoms with Crippen LogP contribution in [0.1, 0.15) is 27.4 Å². The quantitative estimate of drug-likeness (QED) is 0.342. The molecule has 0 aliphatic carbocycles. The number of ether oxygens (including phenoxy) is 1. The van der Waals surface area contributed by atoms with Crippen LogP contribution in [-0.2, 0) is 13.2 Å². The van der Waals surface area contributed by atoms with Crippen LogP contribution >= 0.6 is 34.8 Å². The smallest absolute Gasteiger partial charge is 0.279 e. The summed E-state index contributed by atoms with van der Waals surface area (Å²) in [4.78, 5) is 12.8. The number of nitrogens with one attached hydrogen (secondary N) is 1. The summed E-state index contributed by atoms with van der Waals surface area (Å²) in [6.07, 6.45) is 1.71. The highest BCUT2D eigenvalue weighted by molar-refractivity contribution is 6.36. The topological polar surface area (TPSA) is 82.2 Å². The number of aromatic nitrogens is 3. The molecule has 0 unspecified atom stereocenters. The van der Waals surface area contributed by atoms with Crippen LogP contribution in [0.2, 0.25) is 15.1 Å². The van der Waals surface area contributed by atoms with Gasteiger partial charge < -0.3 is 14.6 Å². The Morgan fingerprint density at radius 3 is 2.59 bits per heavy atom. The normalized spacial score (nSPS) is 10.9. The summed E-state index contributed by atoms with van der Waals surface area (Å²) in [5.41, 5.74) is 1.39. The molecule has 0 saturated carbocycles. The van der Waals surface area contributed by atoms with Crippen molar-refractivity contribution in [2.75, 3.05) is 5.32 Å². The van der Waals surface area contributed by atoms with E-state index in [1.54, 1.807) is 66.3 Å². The van der Waals surface area contributed by atoms with Crippen LogP contribution in [0.3, 0.4) is 0 Å². The highest BCUT2D eigenvalue weighted by Crippen LogP contribution is 2.25. The first-order chi connectivity index (χ1) is 15.4. The molecule has 2 aromatic carbocycles. The van der Waals surface area contributed by atoms with Gasteiger partial charge in [-0.15, -0.1) is 0 Å². The summed E-state index contributed by atoms with van der Waals surface area (Å²) >= 11 is 18.4. The van der Waals surface area contributed by atoms with Crippen molar-refractivity contribution in [2.45, 2.75) is 20.1 Å². The third-order valence-corrected chi connectivity index (χ3v) is 5.59. The second kappa shape index (κ2) is 9.65. The van der Waals surface area contributed by atoms with E-state index in [9.17, 15) is 4.79 Å². The van der Waals surface area contributed by atoms with Gasteiger partial charge in [-0.05, 0) is 37.3 Å². The lowest BCUT2D eigenvalue weighted by atomic mass is 10.2. The zero-order valence-electron chi connectivity index (χ0n) is 16.8. The molecule has 0 aliphatic rings. The van der Waals surface area contributed by atoms with Crippen LogP contribution in [0.15, 0.2) is 59.3 Å². The van der Waals surface area contributed by atoms with Gasteiger partial charge in [-0.2, -0.15) is 5.10 Å². The van der Waals surface area contributed by atoms with Gasteiger partial charge in [0.15, 0.2) is 11.5 Å². The third-order valence-electron chi connectivity index (χ3n) is 4.64. The van der Waals surface area contributed by atoms with E-state index in [2.05, 4.69) is 15.6 Å². The molecule has 0 fully saturated rings. The molecule has 0 aliphatic heterocycles. The molecule has 1 N–H and O–H groups in total. The fourth-order valence-corrected chi connectivity index (χ4v) is 3.69. The molecular formula is C22H17Cl3N4O3. The number of hydrogen-bond donors (Lipinski definition) is 1. The molecule has 0 radical (unpaired) electrons. The maximum Gasteiger partial charge on any atom is 0.279 e. The minimum Gasteiger partial charge on any atom is -0.489 e. The lowest BCUT2D eigenvalue weighted by Crippen LogP contribution is -2.16. The van der Waals surface area contributed by atoms with E-state index >= 15 is 0 Å². The van der Waals surface area contributed by atoms with E-state index in [-0.39, 0.29) is 12.3 Å². The van der Waals surface area contributed by atoms with Crippen LogP contribution in [0, 0.1) is 6.92 Å². The molecular weight excluding hydrogens is 475 g/mol. The van der Waals surface area contributed by atoms with E-state index in [1.165, 1.54) is 0 Å². The summed E-state index contributed by atoms with van der Waals surface area (Å²) in [5.74, 6) is 0.936. The van der Waals surface area contributed by atoms with E-state index in [0.29, 0.717) is 44.5 Å². The van der Waals surface area contributed by atoms with Gasteiger partial charge in [-0.25, -0.2) is 0 Å². The van der Waals surface area contributed by atoms with Crippen molar-refractivity contribution >= 4 is 46.5 Å². The molecule has 2 aromatic heterocycles. The van der Waals surface area contributed by atoms with Gasteiger partial charge in [0, 0.05) is 32.9 Å². The molecule has 7 nitrogen and oxygen atoms in total. The molecule has 1 amide bonds. The number of amides is 1. The Balaban J connectivity index is 1.45. The molecule has 2 heterocycles. The Bertz CT molecular complexity index is 1250. The number of aryl methyl sites for hydroxylation is 1. The first-order valence-corrected chi connectivity index (χ1v) is 10.7. The Morgan fingerprint density at radius 1 is 1.09 bits per heavy atom. The van der Waals surface area contributed by atoms with Crippen LogP contribution in [0.25, 0.3) is 0 Å². The average molecular weight is 492 g/mol. The van der Waals surface area contributed by atoms with Gasteiger partial charge >= 0.3 is 0 Å². The number of carbonyl (C=O) groups excluding carboxylic acids is 1. The standard InChI is InChI=1S/C22H17Cl3N4O3/c1-13-17(12-31-15-5-2-4-14(23)10-15)21(28-32-13)22(30)26-20-8-9-29(27-20)11-16-18(24)6-3-7-19(16)25/h2-10H,11-12H2,1H3,(H,26,27,30). The van der Waals surface area contributed by atoms with Crippen molar-refractivity contribution in [3.63, 3.8) is 0 Å². The lowest BCUT2D eigenvalue weighted by Gasteiger charge is -2.07. The van der Waals surface area contributed by atoms with Gasteiger partial charge in [-0.1, -0.05) is 52.1 Å². The van der Waals surface area contributed by atoms with Crippen molar-refractivity contribution in [1.29, 1.82) is 0 Å². The van der Waals surface area contributed by atoms with Crippen molar-refractivity contribution in [3.8, 4) is 5.75 Å². The van der Waals surface area contributed by atoms with Crippen LogP contribution in [0.4, 0.5) is 5.82 Å². The van der Waals surface area contributed by atoms with E-state index in [0.717, 1.165) is 5.56 Å². The number of nitrogens with zero attached hydrogens (tertiary/aromatic N) is 3. The summed E-state index contributed by atoms with van der Waals surface area (Å²) in [5, 5.41) is 12.6. The molecule has 4 rings (SSSR count). The fourth-order valence-electron chi connectivity index (χ4n) is 2.99. The third kappa shape index (κ3) is 5.07. The summed E-state index contributed by atoms with van der Waals surface area (Å²) in [6, 6.07) is 13.9. The number of benzene rings is 2. The van der Waals surface area contributed by atoms with E-state index < -0.39 is 5.91 Å². The van der Waals surface area contributed by atoms with Crippen molar-refractivity contribution < 1.29 is 14.1 Å². The molecule has 4 aromatic rings. The molecule has 0 atom stereocenters. The summed E-state index contributed by atoms with van der Waals surface area (Å²) in [7, 11) is 0. The van der Waals surface area contributed by atoms with Crippen LogP contribution in [0.5, 0.6) is 5.75 Å². The second-order valence-corrected chi connectivity index (χ2v) is 8.12. The number of hydrogen-bond acceptors (Lipinski definition) is 5. The van der Waals surface area contributed by atoms with Crippen molar-refractivity contribution in [1.82, 2.24) is 14.9 Å². The zero-order valence-corrected chi connectivity index (χ0v) is 19.1. The average Bonchev–Trinajstić information content (AvgIpc) is 3.35. The molecule has 10 heteroatoms. The fraction of sp³-hybridized carbons (Fsp3) is 0.136. The highest BCUT2D eigenvalue weighted by atomic mass is 35.5. The second-order valence-electron chi connectivity index (χ2n) is 6.86. The van der Waals surface area contributed by atoms with Crippen molar-refractivity contribution in [3.05, 3.63) is 92.4 Å². The zero-order chi connectivity index (χ0) is 22.7. The molecule has 0 saturated heterocycles. The van der Waals surface area contributed by atoms with Gasteiger partial charge in [0.2, 0.25) is 0 Å².